The van der Waals surface area contributed by atoms with E-state index in [0.717, 1.165) is 0 Å². The van der Waals surface area contributed by atoms with Crippen LogP contribution in [0.5, 0.6) is 0 Å². The second-order valence-corrected chi connectivity index (χ2v) is 3.35. The molecule has 0 rings (SSSR count). The monoisotopic (exact) mass is 268 g/mol. The van der Waals surface area contributed by atoms with Gasteiger partial charge in [0.15, 0.2) is 18.7 Å². The van der Waals surface area contributed by atoms with Crippen LogP contribution in [0.15, 0.2) is 0 Å². The summed E-state index contributed by atoms with van der Waals surface area (Å²) in [5, 5.41) is 36.6. The van der Waals surface area contributed by atoms with Gasteiger partial charge < -0.3 is 30.0 Å². The van der Waals surface area contributed by atoms with Gasteiger partial charge in [0.1, 0.15) is 18.3 Å². The van der Waals surface area contributed by atoms with Crippen LogP contribution < -0.4 is 0 Å². The molecule has 0 heterocycles. The summed E-state index contributed by atoms with van der Waals surface area (Å²) < 4.78 is 4.56. The number of rotatable bonds is 8. The third-order valence-electron chi connectivity index (χ3n) is 2.00. The number of aliphatic hydroxyl groups is 4. The lowest BCUT2D eigenvalue weighted by atomic mass is 10.0. The number of aldehydes is 1. The van der Waals surface area contributed by atoms with Crippen molar-refractivity contribution in [2.24, 2.45) is 0 Å². The van der Waals surface area contributed by atoms with Gasteiger partial charge >= 0.3 is 5.97 Å². The minimum absolute atomic E-state index is 0.0601. The molecule has 0 aliphatic rings. The topological polar surface area (TPSA) is 143 Å². The predicted molar refractivity (Wildman–Crippen MR) is 53.7 cm³/mol. The van der Waals surface area contributed by atoms with Crippen molar-refractivity contribution in [3.63, 3.8) is 0 Å². The van der Waals surface area contributed by atoms with Crippen LogP contribution in [-0.2, 0) is 24.1 Å². The molecule has 0 aromatic heterocycles. The second-order valence-electron chi connectivity index (χ2n) is 3.35. The number of methoxy groups -OCH3 is 1. The Morgan fingerprint density at radius 2 is 1.72 bits per heavy atom. The SMILES string of the molecule is COC(C)OOC(=O)C(O)C(O)C(O)C(O)C=O. The number of carbonyl (C=O) groups is 2. The van der Waals surface area contributed by atoms with Crippen LogP contribution in [-0.4, -0.2) is 70.5 Å². The Morgan fingerprint density at radius 3 is 2.17 bits per heavy atom. The molecule has 106 valence electrons. The first-order chi connectivity index (χ1) is 8.34. The zero-order chi connectivity index (χ0) is 14.3. The molecule has 0 amide bonds. The number of hydrogen-bond acceptors (Lipinski definition) is 9. The third kappa shape index (κ3) is 5.04. The number of carbonyl (C=O) groups excluding carboxylic acids is 2. The largest absolute Gasteiger partial charge is 0.387 e. The molecule has 4 N–H and O–H groups in total. The third-order valence-corrected chi connectivity index (χ3v) is 2.00. The molecule has 5 unspecified atom stereocenters. The van der Waals surface area contributed by atoms with E-state index in [1.807, 2.05) is 0 Å². The molecule has 5 atom stereocenters. The van der Waals surface area contributed by atoms with Crippen molar-refractivity contribution in [3.8, 4) is 0 Å². The predicted octanol–water partition coefficient (Wildman–Crippen LogP) is -2.90. The van der Waals surface area contributed by atoms with Gasteiger partial charge in [0.2, 0.25) is 0 Å². The van der Waals surface area contributed by atoms with E-state index in [0.29, 0.717) is 0 Å². The quantitative estimate of drug-likeness (QED) is 0.158. The minimum Gasteiger partial charge on any atom is -0.387 e. The van der Waals surface area contributed by atoms with Crippen molar-refractivity contribution in [2.45, 2.75) is 37.6 Å². The first kappa shape index (κ1) is 16.9. The van der Waals surface area contributed by atoms with Gasteiger partial charge in [0.25, 0.3) is 0 Å². The van der Waals surface area contributed by atoms with Gasteiger partial charge in [0.05, 0.1) is 0 Å². The normalized spacial score (nSPS) is 19.4. The highest BCUT2D eigenvalue weighted by atomic mass is 17.2. The van der Waals surface area contributed by atoms with E-state index in [1.54, 1.807) is 0 Å². The molecule has 9 heteroatoms. The first-order valence-electron chi connectivity index (χ1n) is 4.92. The molecule has 0 aromatic carbocycles. The van der Waals surface area contributed by atoms with Gasteiger partial charge in [-0.05, 0) is 6.92 Å². The summed E-state index contributed by atoms with van der Waals surface area (Å²) in [6.45, 7) is 1.39. The van der Waals surface area contributed by atoms with Crippen molar-refractivity contribution < 1.29 is 44.5 Å². The Morgan fingerprint density at radius 1 is 1.17 bits per heavy atom. The molecule has 0 radical (unpaired) electrons. The maximum atomic E-state index is 11.1. The molecule has 18 heavy (non-hydrogen) atoms. The van der Waals surface area contributed by atoms with E-state index in [1.165, 1.54) is 14.0 Å². The molecular weight excluding hydrogens is 252 g/mol. The van der Waals surface area contributed by atoms with Crippen LogP contribution >= 0.6 is 0 Å². The summed E-state index contributed by atoms with van der Waals surface area (Å²) in [5.74, 6) is -1.41. The average Bonchev–Trinajstić information content (AvgIpc) is 2.40. The maximum Gasteiger partial charge on any atom is 0.373 e. The first-order valence-corrected chi connectivity index (χ1v) is 4.92. The Hall–Kier alpha value is -1.10. The lowest BCUT2D eigenvalue weighted by Crippen LogP contribution is -2.48. The number of ether oxygens (including phenoxy) is 1. The maximum absolute atomic E-state index is 11.1. The minimum atomic E-state index is -2.20. The van der Waals surface area contributed by atoms with Crippen LogP contribution in [0, 0.1) is 0 Å². The highest BCUT2D eigenvalue weighted by Crippen LogP contribution is 2.06. The Kier molecular flexibility index (Phi) is 7.59. The molecule has 9 nitrogen and oxygen atoms in total. The van der Waals surface area contributed by atoms with Crippen LogP contribution in [0.25, 0.3) is 0 Å². The van der Waals surface area contributed by atoms with Crippen molar-refractivity contribution >= 4 is 12.3 Å². The molecule has 0 aromatic rings. The fourth-order valence-electron chi connectivity index (χ4n) is 0.812. The van der Waals surface area contributed by atoms with Crippen molar-refractivity contribution in [2.75, 3.05) is 7.11 Å². The Bertz CT molecular complexity index is 269. The van der Waals surface area contributed by atoms with Crippen molar-refractivity contribution in [1.82, 2.24) is 0 Å². The summed E-state index contributed by atoms with van der Waals surface area (Å²) in [7, 11) is 1.27. The van der Waals surface area contributed by atoms with Crippen LogP contribution in [0.4, 0.5) is 0 Å². The van der Waals surface area contributed by atoms with Gasteiger partial charge in [-0.25, -0.2) is 4.79 Å². The zero-order valence-corrected chi connectivity index (χ0v) is 9.79. The molecule has 0 saturated carbocycles. The summed E-state index contributed by atoms with van der Waals surface area (Å²) in [6, 6.07) is 0. The average molecular weight is 268 g/mol. The lowest BCUT2D eigenvalue weighted by molar-refractivity contribution is -0.347. The smallest absolute Gasteiger partial charge is 0.373 e. The van der Waals surface area contributed by atoms with E-state index in [9.17, 15) is 19.8 Å². The van der Waals surface area contributed by atoms with Gasteiger partial charge in [-0.3, -0.25) is 4.89 Å². The molecule has 0 aliphatic carbocycles. The van der Waals surface area contributed by atoms with E-state index in [4.69, 9.17) is 10.2 Å². The molecule has 0 bridgehead atoms. The van der Waals surface area contributed by atoms with Crippen molar-refractivity contribution in [3.05, 3.63) is 0 Å². The fourth-order valence-corrected chi connectivity index (χ4v) is 0.812. The van der Waals surface area contributed by atoms with E-state index in [-0.39, 0.29) is 6.29 Å². The lowest BCUT2D eigenvalue weighted by Gasteiger charge is -2.22. The van der Waals surface area contributed by atoms with Crippen LogP contribution in [0.2, 0.25) is 0 Å². The van der Waals surface area contributed by atoms with Crippen LogP contribution in [0.3, 0.4) is 0 Å². The highest BCUT2D eigenvalue weighted by Gasteiger charge is 2.36. The van der Waals surface area contributed by atoms with E-state index in [2.05, 4.69) is 14.5 Å². The standard InChI is InChI=1S/C9H16O9/c1-4(16-2)17-18-9(15)8(14)7(13)6(12)5(11)3-10/h3-8,11-14H,1-2H3. The Labute approximate surface area is 102 Å². The summed E-state index contributed by atoms with van der Waals surface area (Å²) in [4.78, 5) is 29.7. The molecule has 0 aliphatic heterocycles. The van der Waals surface area contributed by atoms with E-state index < -0.39 is 36.7 Å². The molecule has 0 saturated heterocycles. The molecule has 0 fully saturated rings. The highest BCUT2D eigenvalue weighted by molar-refractivity contribution is 5.74. The summed E-state index contributed by atoms with van der Waals surface area (Å²) in [6.07, 6.45) is -9.25. The molecule has 0 spiro atoms. The fraction of sp³-hybridized carbons (Fsp3) is 0.778. The van der Waals surface area contributed by atoms with Gasteiger partial charge in [0, 0.05) is 7.11 Å². The molecular formula is C9H16O9. The number of hydrogen-bond donors (Lipinski definition) is 4. The van der Waals surface area contributed by atoms with Gasteiger partial charge in [-0.1, -0.05) is 0 Å². The van der Waals surface area contributed by atoms with Gasteiger partial charge in [-0.2, -0.15) is 4.89 Å². The van der Waals surface area contributed by atoms with Crippen LogP contribution in [0.1, 0.15) is 6.92 Å². The van der Waals surface area contributed by atoms with Crippen molar-refractivity contribution in [1.29, 1.82) is 0 Å². The second kappa shape index (κ2) is 8.08. The number of aliphatic hydroxyl groups excluding tert-OH is 4. The zero-order valence-electron chi connectivity index (χ0n) is 9.79. The summed E-state index contributed by atoms with van der Waals surface area (Å²) in [5.41, 5.74) is 0. The Balaban J connectivity index is 4.31. The summed E-state index contributed by atoms with van der Waals surface area (Å²) >= 11 is 0. The van der Waals surface area contributed by atoms with E-state index >= 15 is 0 Å². The van der Waals surface area contributed by atoms with Gasteiger partial charge in [-0.15, -0.1) is 0 Å².